The average Bonchev–Trinajstić information content (AvgIpc) is 2.63. The van der Waals surface area contributed by atoms with Gasteiger partial charge in [-0.2, -0.15) is 5.11 Å². The Labute approximate surface area is 150 Å². The van der Waals surface area contributed by atoms with E-state index in [1.807, 2.05) is 25.1 Å². The van der Waals surface area contributed by atoms with Crippen LogP contribution in [-0.2, 0) is 0 Å². The highest BCUT2D eigenvalue weighted by atomic mass is 16.1. The number of aromatic nitrogens is 1. The monoisotopic (exact) mass is 346 g/mol. The van der Waals surface area contributed by atoms with Crippen molar-refractivity contribution in [3.63, 3.8) is 0 Å². The number of Topliss-reactive ketones (excluding diaryl/α,β-unsaturated/α-hetero) is 1. The zero-order valence-corrected chi connectivity index (χ0v) is 14.5. The summed E-state index contributed by atoms with van der Waals surface area (Å²) in [6.45, 7) is 3.48. The number of hydrogen-bond donors (Lipinski definition) is 3. The van der Waals surface area contributed by atoms with E-state index in [1.54, 1.807) is 30.3 Å². The van der Waals surface area contributed by atoms with Crippen LogP contribution in [0.2, 0.25) is 0 Å². The minimum Gasteiger partial charge on any atom is -0.360 e. The van der Waals surface area contributed by atoms with Crippen LogP contribution in [0.3, 0.4) is 0 Å². The highest BCUT2D eigenvalue weighted by Crippen LogP contribution is 2.19. The summed E-state index contributed by atoms with van der Waals surface area (Å²) in [7, 11) is 0. The van der Waals surface area contributed by atoms with E-state index in [9.17, 15) is 9.59 Å². The van der Waals surface area contributed by atoms with Gasteiger partial charge in [-0.15, -0.1) is 0 Å². The molecule has 0 aliphatic heterocycles. The molecule has 0 aliphatic rings. The van der Waals surface area contributed by atoms with Crippen LogP contribution in [-0.4, -0.2) is 10.8 Å². The van der Waals surface area contributed by atoms with Crippen LogP contribution < -0.4 is 10.9 Å². The van der Waals surface area contributed by atoms with E-state index in [-0.39, 0.29) is 17.0 Å². The van der Waals surface area contributed by atoms with Crippen LogP contribution >= 0.6 is 0 Å². The largest absolute Gasteiger partial charge is 0.360 e. The van der Waals surface area contributed by atoms with Gasteiger partial charge in [0.2, 0.25) is 0 Å². The molecule has 130 valence electrons. The summed E-state index contributed by atoms with van der Waals surface area (Å²) < 4.78 is 0. The Morgan fingerprint density at radius 1 is 1.15 bits per heavy atom. The summed E-state index contributed by atoms with van der Waals surface area (Å²) in [5.74, 6) is -0.00747. The van der Waals surface area contributed by atoms with Gasteiger partial charge in [0.1, 0.15) is 5.70 Å². The molecule has 0 spiro atoms. The van der Waals surface area contributed by atoms with Gasteiger partial charge in [0.25, 0.3) is 5.56 Å². The molecule has 0 atom stereocenters. The number of pyridine rings is 1. The minimum atomic E-state index is -0.308. The number of carbonyl (C=O) groups excluding carboxylic acids is 1. The Morgan fingerprint density at radius 3 is 2.54 bits per heavy atom. The fourth-order valence-electron chi connectivity index (χ4n) is 2.64. The third-order valence-electron chi connectivity index (χ3n) is 4.06. The molecule has 3 N–H and O–H groups in total. The number of ketones is 1. The van der Waals surface area contributed by atoms with Gasteiger partial charge in [-0.3, -0.25) is 9.59 Å². The fourth-order valence-corrected chi connectivity index (χ4v) is 2.64. The first kappa shape index (κ1) is 17.3. The molecule has 0 unspecified atom stereocenters. The maximum Gasteiger partial charge on any atom is 0.258 e. The van der Waals surface area contributed by atoms with Crippen molar-refractivity contribution in [3.8, 4) is 0 Å². The summed E-state index contributed by atoms with van der Waals surface area (Å²) in [4.78, 5) is 26.5. The van der Waals surface area contributed by atoms with E-state index < -0.39 is 0 Å². The number of nitrogens with zero attached hydrogens (tertiary/aromatic N) is 1. The molecule has 2 aromatic carbocycles. The summed E-state index contributed by atoms with van der Waals surface area (Å²) in [5.41, 5.74) is 10.8. The number of carbonyl (C=O) groups is 1. The Balaban J connectivity index is 1.95. The number of hydrogen-bond acceptors (Lipinski definition) is 5. The van der Waals surface area contributed by atoms with Gasteiger partial charge in [-0.1, -0.05) is 11.6 Å². The standard InChI is InChI=1S/C20H18N4O2/c1-12-3-8-18-15(9-12)10-17(20(26)23-18)19(24-21)11-22-16-6-4-14(5-7-16)13(2)25/h3-11,21-22H,1-2H3,(H,23,26)/b19-11-,24-21?. The molecule has 6 nitrogen and oxygen atoms in total. The number of rotatable bonds is 5. The van der Waals surface area contributed by atoms with Crippen molar-refractivity contribution >= 4 is 28.1 Å². The molecular formula is C20H18N4O2. The molecular weight excluding hydrogens is 328 g/mol. The predicted octanol–water partition coefficient (Wildman–Crippen LogP) is 4.48. The van der Waals surface area contributed by atoms with E-state index in [2.05, 4.69) is 15.4 Å². The number of nitrogens with one attached hydrogen (secondary N) is 3. The third-order valence-corrected chi connectivity index (χ3v) is 4.06. The maximum atomic E-state index is 12.3. The quantitative estimate of drug-likeness (QED) is 0.469. The van der Waals surface area contributed by atoms with Gasteiger partial charge in [-0.25, -0.2) is 5.53 Å². The maximum absolute atomic E-state index is 12.3. The molecule has 1 aromatic heterocycles. The van der Waals surface area contributed by atoms with E-state index in [0.717, 1.165) is 22.2 Å². The molecule has 26 heavy (non-hydrogen) atoms. The van der Waals surface area contributed by atoms with Gasteiger partial charge in [0.05, 0.1) is 5.56 Å². The summed E-state index contributed by atoms with van der Waals surface area (Å²) in [5, 5.41) is 7.37. The van der Waals surface area contributed by atoms with Crippen LogP contribution in [0.4, 0.5) is 5.69 Å². The molecule has 1 heterocycles. The van der Waals surface area contributed by atoms with Gasteiger partial charge in [0.15, 0.2) is 5.78 Å². The topological polar surface area (TPSA) is 98.2 Å². The lowest BCUT2D eigenvalue weighted by Gasteiger charge is -2.06. The van der Waals surface area contributed by atoms with Gasteiger partial charge in [0, 0.05) is 23.0 Å². The van der Waals surface area contributed by atoms with Crippen molar-refractivity contribution in [2.45, 2.75) is 13.8 Å². The second-order valence-electron chi connectivity index (χ2n) is 6.02. The lowest BCUT2D eigenvalue weighted by Crippen LogP contribution is -2.11. The summed E-state index contributed by atoms with van der Waals surface area (Å²) >= 11 is 0. The average molecular weight is 346 g/mol. The smallest absolute Gasteiger partial charge is 0.258 e. The number of aryl methyl sites for hydroxylation is 1. The highest BCUT2D eigenvalue weighted by Gasteiger charge is 2.08. The number of benzene rings is 2. The molecule has 6 heteroatoms. The van der Waals surface area contributed by atoms with Crippen molar-refractivity contribution in [1.29, 1.82) is 5.53 Å². The molecule has 0 bridgehead atoms. The lowest BCUT2D eigenvalue weighted by molar-refractivity contribution is 0.101. The Hall–Kier alpha value is -3.54. The first-order valence-electron chi connectivity index (χ1n) is 8.07. The SMILES string of the molecule is CC(=O)c1ccc(N/C=C(\N=N)c2cc3cc(C)ccc3[nH]c2=O)cc1. The number of fused-ring (bicyclic) bond motifs is 1. The molecule has 0 radical (unpaired) electrons. The lowest BCUT2D eigenvalue weighted by atomic mass is 10.1. The van der Waals surface area contributed by atoms with E-state index >= 15 is 0 Å². The van der Waals surface area contributed by atoms with Crippen LogP contribution in [0.15, 0.2) is 64.6 Å². The van der Waals surface area contributed by atoms with Gasteiger partial charge >= 0.3 is 0 Å². The van der Waals surface area contributed by atoms with Crippen LogP contribution in [0.25, 0.3) is 16.6 Å². The second kappa shape index (κ2) is 7.14. The highest BCUT2D eigenvalue weighted by molar-refractivity contribution is 5.94. The summed E-state index contributed by atoms with van der Waals surface area (Å²) in [6.07, 6.45) is 1.50. The third kappa shape index (κ3) is 3.59. The van der Waals surface area contributed by atoms with Crippen LogP contribution in [0, 0.1) is 12.5 Å². The first-order chi connectivity index (χ1) is 12.5. The molecule has 0 saturated carbocycles. The molecule has 0 amide bonds. The van der Waals surface area contributed by atoms with Crippen molar-refractivity contribution in [2.24, 2.45) is 5.11 Å². The minimum absolute atomic E-state index is 0.00747. The van der Waals surface area contributed by atoms with Crippen LogP contribution in [0.1, 0.15) is 28.4 Å². The number of aromatic amines is 1. The fraction of sp³-hybridized carbons (Fsp3) is 0.100. The zero-order chi connectivity index (χ0) is 18.7. The van der Waals surface area contributed by atoms with E-state index in [4.69, 9.17) is 5.53 Å². The first-order valence-corrected chi connectivity index (χ1v) is 8.07. The van der Waals surface area contributed by atoms with Crippen molar-refractivity contribution in [2.75, 3.05) is 5.32 Å². The number of H-pyrrole nitrogens is 1. The Bertz CT molecular complexity index is 1080. The van der Waals surface area contributed by atoms with Crippen molar-refractivity contribution in [1.82, 2.24) is 4.98 Å². The molecule has 3 rings (SSSR count). The normalized spacial score (nSPS) is 11.4. The zero-order valence-electron chi connectivity index (χ0n) is 14.5. The second-order valence-corrected chi connectivity index (χ2v) is 6.02. The summed E-state index contributed by atoms with van der Waals surface area (Å²) in [6, 6.07) is 14.4. The molecule has 0 aliphatic carbocycles. The van der Waals surface area contributed by atoms with Crippen molar-refractivity contribution in [3.05, 3.63) is 81.8 Å². The number of anilines is 1. The van der Waals surface area contributed by atoms with Crippen molar-refractivity contribution < 1.29 is 4.79 Å². The Kier molecular flexibility index (Phi) is 4.75. The molecule has 0 saturated heterocycles. The van der Waals surface area contributed by atoms with E-state index in [0.29, 0.717) is 11.1 Å². The van der Waals surface area contributed by atoms with Crippen LogP contribution in [0.5, 0.6) is 0 Å². The molecule has 3 aromatic rings. The van der Waals surface area contributed by atoms with Gasteiger partial charge < -0.3 is 10.3 Å². The predicted molar refractivity (Wildman–Crippen MR) is 102 cm³/mol. The molecule has 0 fully saturated rings. The van der Waals surface area contributed by atoms with Gasteiger partial charge in [-0.05, 0) is 61.7 Å². The van der Waals surface area contributed by atoms with E-state index in [1.165, 1.54) is 13.1 Å². The Morgan fingerprint density at radius 2 is 1.88 bits per heavy atom.